The minimum atomic E-state index is -0.830. The molecule has 2 aromatic rings. The molecule has 28 heavy (non-hydrogen) atoms. The van der Waals surface area contributed by atoms with Crippen molar-refractivity contribution in [3.05, 3.63) is 47.5 Å². The maximum Gasteiger partial charge on any atom is 0.283 e. The molecule has 1 spiro atoms. The molecule has 2 aromatic carbocycles. The summed E-state index contributed by atoms with van der Waals surface area (Å²) in [7, 11) is 0. The highest BCUT2D eigenvalue weighted by Crippen LogP contribution is 2.52. The fraction of sp³-hybridized carbons (Fsp3) is 0.381. The number of hydrogen-bond acceptors (Lipinski definition) is 7. The van der Waals surface area contributed by atoms with Crippen molar-refractivity contribution in [3.63, 3.8) is 0 Å². The highest BCUT2D eigenvalue weighted by atomic mass is 16.5. The normalized spacial score (nSPS) is 24.8. The first-order valence-electron chi connectivity index (χ1n) is 9.39. The van der Waals surface area contributed by atoms with E-state index in [0.717, 1.165) is 35.7 Å². The van der Waals surface area contributed by atoms with Gasteiger partial charge in [-0.15, -0.1) is 0 Å². The van der Waals surface area contributed by atoms with E-state index in [1.807, 2.05) is 6.07 Å². The van der Waals surface area contributed by atoms with Gasteiger partial charge in [-0.2, -0.15) is 0 Å². The quantitative estimate of drug-likeness (QED) is 0.790. The molecular weight excluding hydrogens is 358 g/mol. The van der Waals surface area contributed by atoms with Gasteiger partial charge in [-0.3, -0.25) is 0 Å². The lowest BCUT2D eigenvalue weighted by Crippen LogP contribution is -2.48. The van der Waals surface area contributed by atoms with Gasteiger partial charge in [0.15, 0.2) is 5.54 Å². The van der Waals surface area contributed by atoms with Crippen molar-refractivity contribution < 1.29 is 19.3 Å². The number of phenolic OH excluding ortho intramolecular Hbond substituents is 1. The smallest absolute Gasteiger partial charge is 0.283 e. The number of nitrogens with zero attached hydrogens (tertiary/aromatic N) is 2. The number of aliphatic imine (C=N–C) groups is 1. The van der Waals surface area contributed by atoms with Crippen LogP contribution >= 0.6 is 0 Å². The van der Waals surface area contributed by atoms with Crippen LogP contribution in [0.25, 0.3) is 0 Å². The second-order valence-corrected chi connectivity index (χ2v) is 8.09. The molecule has 0 saturated carbocycles. The molecule has 3 N–H and O–H groups in total. The Morgan fingerprint density at radius 3 is 2.57 bits per heavy atom. The molecule has 0 amide bonds. The molecule has 7 heteroatoms. The Hall–Kier alpha value is -2.93. The summed E-state index contributed by atoms with van der Waals surface area (Å²) in [5, 5.41) is 10.1. The summed E-state index contributed by atoms with van der Waals surface area (Å²) >= 11 is 0. The summed E-state index contributed by atoms with van der Waals surface area (Å²) in [6, 6.07) is 11.3. The number of aromatic hydroxyl groups is 1. The molecule has 3 aliphatic heterocycles. The van der Waals surface area contributed by atoms with Crippen LogP contribution in [0.2, 0.25) is 0 Å². The summed E-state index contributed by atoms with van der Waals surface area (Å²) in [6.45, 7) is 6.74. The van der Waals surface area contributed by atoms with Gasteiger partial charge >= 0.3 is 0 Å². The summed E-state index contributed by atoms with van der Waals surface area (Å²) in [4.78, 5) is 6.96. The van der Waals surface area contributed by atoms with Crippen LogP contribution in [-0.4, -0.2) is 43.0 Å². The van der Waals surface area contributed by atoms with Gasteiger partial charge in [0.1, 0.15) is 23.9 Å². The third-order valence-electron chi connectivity index (χ3n) is 5.56. The Morgan fingerprint density at radius 1 is 1.11 bits per heavy atom. The van der Waals surface area contributed by atoms with E-state index in [9.17, 15) is 5.11 Å². The maximum absolute atomic E-state index is 10.1. The number of morpholine rings is 1. The van der Waals surface area contributed by atoms with Gasteiger partial charge in [-0.25, -0.2) is 4.99 Å². The molecule has 7 nitrogen and oxygen atoms in total. The maximum atomic E-state index is 10.1. The molecule has 0 unspecified atom stereocenters. The van der Waals surface area contributed by atoms with Crippen molar-refractivity contribution in [1.29, 1.82) is 0 Å². The van der Waals surface area contributed by atoms with Crippen LogP contribution in [-0.2, 0) is 15.0 Å². The second kappa shape index (κ2) is 5.78. The highest BCUT2D eigenvalue weighted by Gasteiger charge is 2.47. The number of hydrogen-bond donors (Lipinski definition) is 2. The minimum absolute atomic E-state index is 0.139. The van der Waals surface area contributed by atoms with E-state index in [1.54, 1.807) is 18.2 Å². The Kier molecular flexibility index (Phi) is 3.55. The fourth-order valence-electron chi connectivity index (χ4n) is 4.26. The SMILES string of the molecule is CC1(C)CN(c2ccc3c(c2)[C@]2(COC(N)=N2)c2cc(O)ccc2O3)CCO1. The standard InChI is InChI=1S/C21H23N3O4/c1-20(2)11-24(7-8-27-20)13-3-5-17-15(9-13)21(12-26-19(22)23-21)16-10-14(25)4-6-18(16)28-17/h3-6,9-10,25H,7-8,11-12H2,1-2H3,(H2,22,23)/t21-/m1/s1. The van der Waals surface area contributed by atoms with E-state index >= 15 is 0 Å². The number of anilines is 1. The summed E-state index contributed by atoms with van der Waals surface area (Å²) in [6.07, 6.45) is 0. The van der Waals surface area contributed by atoms with E-state index in [-0.39, 0.29) is 24.0 Å². The molecule has 146 valence electrons. The molecule has 1 fully saturated rings. The number of benzene rings is 2. The molecule has 0 radical (unpaired) electrons. The van der Waals surface area contributed by atoms with Crippen molar-refractivity contribution in [3.8, 4) is 17.2 Å². The van der Waals surface area contributed by atoms with Crippen LogP contribution in [0, 0.1) is 0 Å². The Bertz CT molecular complexity index is 988. The Labute approximate surface area is 163 Å². The van der Waals surface area contributed by atoms with Crippen molar-refractivity contribution in [2.45, 2.75) is 25.0 Å². The van der Waals surface area contributed by atoms with Crippen LogP contribution in [0.1, 0.15) is 25.0 Å². The zero-order chi connectivity index (χ0) is 19.5. The monoisotopic (exact) mass is 381 g/mol. The molecular formula is C21H23N3O4. The van der Waals surface area contributed by atoms with Crippen molar-refractivity contribution in [2.75, 3.05) is 31.2 Å². The lowest BCUT2D eigenvalue weighted by molar-refractivity contribution is -0.0277. The zero-order valence-electron chi connectivity index (χ0n) is 15.9. The lowest BCUT2D eigenvalue weighted by atomic mass is 9.81. The van der Waals surface area contributed by atoms with Crippen LogP contribution in [0.15, 0.2) is 41.4 Å². The first-order valence-corrected chi connectivity index (χ1v) is 9.39. The third-order valence-corrected chi connectivity index (χ3v) is 5.56. The molecule has 3 aliphatic rings. The Morgan fingerprint density at radius 2 is 1.86 bits per heavy atom. The van der Waals surface area contributed by atoms with Crippen LogP contribution in [0.4, 0.5) is 5.69 Å². The number of phenols is 1. The van der Waals surface area contributed by atoms with Gasteiger partial charge in [-0.1, -0.05) is 0 Å². The van der Waals surface area contributed by atoms with Crippen LogP contribution in [0.5, 0.6) is 17.2 Å². The minimum Gasteiger partial charge on any atom is -0.508 e. The number of nitrogens with two attached hydrogens (primary N) is 1. The van der Waals surface area contributed by atoms with Crippen LogP contribution < -0.4 is 15.4 Å². The molecule has 1 saturated heterocycles. The van der Waals surface area contributed by atoms with Crippen molar-refractivity contribution in [2.24, 2.45) is 10.7 Å². The van der Waals surface area contributed by atoms with Gasteiger partial charge < -0.3 is 30.0 Å². The predicted octanol–water partition coefficient (Wildman–Crippen LogP) is 2.70. The van der Waals surface area contributed by atoms with E-state index < -0.39 is 5.54 Å². The molecule has 3 heterocycles. The molecule has 0 bridgehead atoms. The summed E-state index contributed by atoms with van der Waals surface area (Å²) in [5.74, 6) is 1.51. The highest BCUT2D eigenvalue weighted by molar-refractivity contribution is 5.77. The predicted molar refractivity (Wildman–Crippen MR) is 105 cm³/mol. The summed E-state index contributed by atoms with van der Waals surface area (Å²) < 4.78 is 17.5. The molecule has 0 aliphatic carbocycles. The zero-order valence-corrected chi connectivity index (χ0v) is 15.9. The first-order chi connectivity index (χ1) is 13.4. The third kappa shape index (κ3) is 2.57. The van der Waals surface area contributed by atoms with E-state index in [4.69, 9.17) is 19.9 Å². The number of amidine groups is 1. The van der Waals surface area contributed by atoms with Crippen LogP contribution in [0.3, 0.4) is 0 Å². The molecule has 1 atom stereocenters. The number of fused-ring (bicyclic) bond motifs is 4. The number of ether oxygens (including phenoxy) is 3. The number of rotatable bonds is 1. The van der Waals surface area contributed by atoms with Crippen molar-refractivity contribution in [1.82, 2.24) is 0 Å². The van der Waals surface area contributed by atoms with Gasteiger partial charge in [0, 0.05) is 29.9 Å². The average molecular weight is 381 g/mol. The van der Waals surface area contributed by atoms with Crippen molar-refractivity contribution >= 4 is 11.7 Å². The van der Waals surface area contributed by atoms with Gasteiger partial charge in [0.05, 0.1) is 12.2 Å². The molecule has 0 aromatic heterocycles. The van der Waals surface area contributed by atoms with E-state index in [0.29, 0.717) is 12.4 Å². The van der Waals surface area contributed by atoms with Gasteiger partial charge in [0.25, 0.3) is 6.02 Å². The second-order valence-electron chi connectivity index (χ2n) is 8.09. The molecule has 5 rings (SSSR count). The topological polar surface area (TPSA) is 89.5 Å². The lowest BCUT2D eigenvalue weighted by Gasteiger charge is -2.40. The average Bonchev–Trinajstić information content (AvgIpc) is 3.04. The Balaban J connectivity index is 1.64. The fourth-order valence-corrected chi connectivity index (χ4v) is 4.26. The first kappa shape index (κ1) is 17.2. The van der Waals surface area contributed by atoms with E-state index in [1.165, 1.54) is 0 Å². The van der Waals surface area contributed by atoms with Gasteiger partial charge in [0.2, 0.25) is 0 Å². The van der Waals surface area contributed by atoms with Gasteiger partial charge in [-0.05, 0) is 50.2 Å². The summed E-state index contributed by atoms with van der Waals surface area (Å²) in [5.41, 5.74) is 7.57. The van der Waals surface area contributed by atoms with E-state index in [2.05, 4.69) is 35.9 Å². The largest absolute Gasteiger partial charge is 0.508 e.